The van der Waals surface area contributed by atoms with Gasteiger partial charge in [0.1, 0.15) is 0 Å². The van der Waals surface area contributed by atoms with Gasteiger partial charge in [0, 0.05) is 24.3 Å². The topological polar surface area (TPSA) is 63.0 Å². The number of hydrogen-bond acceptors (Lipinski definition) is 4. The highest BCUT2D eigenvalue weighted by atomic mass is 15.0. The second-order valence-electron chi connectivity index (χ2n) is 8.62. The molecular weight excluding hydrogens is 380 g/mol. The van der Waals surface area contributed by atoms with Gasteiger partial charge in [-0.1, -0.05) is 30.4 Å². The van der Waals surface area contributed by atoms with Gasteiger partial charge in [0.05, 0.1) is 17.1 Å². The number of benzene rings is 1. The van der Waals surface area contributed by atoms with Crippen LogP contribution in [0, 0.1) is 12.8 Å². The first-order valence-corrected chi connectivity index (χ1v) is 11.7. The summed E-state index contributed by atoms with van der Waals surface area (Å²) < 4.78 is 0. The number of nitrogens with zero attached hydrogens (tertiary/aromatic N) is 1. The molecule has 0 radical (unpaired) electrons. The maximum atomic E-state index is 5.82. The Morgan fingerprint density at radius 2 is 1.90 bits per heavy atom. The number of hydrogen-bond donors (Lipinski definition) is 3. The van der Waals surface area contributed by atoms with Gasteiger partial charge < -0.3 is 16.4 Å². The van der Waals surface area contributed by atoms with Gasteiger partial charge in [0.2, 0.25) is 0 Å². The van der Waals surface area contributed by atoms with Gasteiger partial charge in [-0.3, -0.25) is 4.98 Å². The molecule has 2 aromatic rings. The van der Waals surface area contributed by atoms with Gasteiger partial charge in [-0.25, -0.2) is 0 Å². The summed E-state index contributed by atoms with van der Waals surface area (Å²) in [5.74, 6) is 0.437. The number of nitrogens with one attached hydrogen (secondary N) is 2. The molecule has 0 saturated carbocycles. The number of fused-ring (bicyclic) bond motifs is 1. The maximum absolute atomic E-state index is 5.82. The lowest BCUT2D eigenvalue weighted by Crippen LogP contribution is -2.24. The van der Waals surface area contributed by atoms with Crippen LogP contribution in [0.25, 0.3) is 11.4 Å². The number of aromatic nitrogens is 1. The van der Waals surface area contributed by atoms with Crippen molar-refractivity contribution in [3.63, 3.8) is 0 Å². The van der Waals surface area contributed by atoms with Crippen molar-refractivity contribution >= 4 is 11.4 Å². The first-order valence-electron chi connectivity index (χ1n) is 11.7. The summed E-state index contributed by atoms with van der Waals surface area (Å²) in [5, 5.41) is 7.36. The third-order valence-corrected chi connectivity index (χ3v) is 6.14. The molecule has 31 heavy (non-hydrogen) atoms. The lowest BCUT2D eigenvalue weighted by Gasteiger charge is -2.21. The Bertz CT molecular complexity index is 929. The van der Waals surface area contributed by atoms with Gasteiger partial charge >= 0.3 is 0 Å². The Balaban J connectivity index is 1.97. The van der Waals surface area contributed by atoms with E-state index in [2.05, 4.69) is 61.4 Å². The minimum atomic E-state index is 0.437. The van der Waals surface area contributed by atoms with E-state index < -0.39 is 0 Å². The van der Waals surface area contributed by atoms with Crippen LogP contribution < -0.4 is 16.4 Å². The summed E-state index contributed by atoms with van der Waals surface area (Å²) in [5.41, 5.74) is 15.4. The van der Waals surface area contributed by atoms with Crippen molar-refractivity contribution in [3.05, 3.63) is 76.6 Å². The third kappa shape index (κ3) is 5.98. The normalized spacial score (nSPS) is 14.6. The Morgan fingerprint density at radius 1 is 1.10 bits per heavy atom. The van der Waals surface area contributed by atoms with Gasteiger partial charge in [-0.05, 0) is 94.7 Å². The Labute approximate surface area is 188 Å². The van der Waals surface area contributed by atoms with Crippen molar-refractivity contribution in [2.75, 3.05) is 19.6 Å². The van der Waals surface area contributed by atoms with Crippen LogP contribution in [0.1, 0.15) is 61.2 Å². The van der Waals surface area contributed by atoms with Crippen LogP contribution in [0.5, 0.6) is 0 Å². The molecule has 166 valence electrons. The number of allylic oxidation sites excluding steroid dienone is 1. The zero-order valence-corrected chi connectivity index (χ0v) is 19.4. The van der Waals surface area contributed by atoms with Crippen LogP contribution in [-0.2, 0) is 12.8 Å². The van der Waals surface area contributed by atoms with Crippen LogP contribution in [0.4, 0.5) is 0 Å². The molecule has 0 saturated heterocycles. The van der Waals surface area contributed by atoms with Crippen molar-refractivity contribution in [3.8, 4) is 0 Å². The molecule has 0 aliphatic heterocycles. The minimum Gasteiger partial charge on any atom is -0.383 e. The average molecular weight is 419 g/mol. The van der Waals surface area contributed by atoms with Crippen LogP contribution in [0.2, 0.25) is 0 Å². The summed E-state index contributed by atoms with van der Waals surface area (Å²) in [6, 6.07) is 13.1. The maximum Gasteiger partial charge on any atom is 0.0885 e. The molecule has 4 nitrogen and oxygen atoms in total. The summed E-state index contributed by atoms with van der Waals surface area (Å²) >= 11 is 0. The molecule has 1 aliphatic rings. The van der Waals surface area contributed by atoms with Crippen LogP contribution in [0.3, 0.4) is 0 Å². The van der Waals surface area contributed by atoms with E-state index in [1.807, 2.05) is 13.0 Å². The molecule has 0 bridgehead atoms. The SMILES string of the molecule is C=C(C)C(CCN)CCN/C(=C(\NCC)c1ccc2c(c1)CCC2)c1cccc(C)n1. The molecule has 1 aromatic heterocycles. The highest BCUT2D eigenvalue weighted by Crippen LogP contribution is 2.28. The van der Waals surface area contributed by atoms with Gasteiger partial charge in [-0.15, -0.1) is 0 Å². The van der Waals surface area contributed by atoms with E-state index in [4.69, 9.17) is 10.7 Å². The van der Waals surface area contributed by atoms with Crippen molar-refractivity contribution < 1.29 is 0 Å². The van der Waals surface area contributed by atoms with Crippen molar-refractivity contribution in [1.82, 2.24) is 15.6 Å². The van der Waals surface area contributed by atoms with Crippen molar-refractivity contribution in [2.24, 2.45) is 11.7 Å². The molecule has 0 spiro atoms. The zero-order valence-electron chi connectivity index (χ0n) is 19.4. The van der Waals surface area contributed by atoms with Crippen molar-refractivity contribution in [2.45, 2.75) is 52.9 Å². The second-order valence-corrected chi connectivity index (χ2v) is 8.62. The van der Waals surface area contributed by atoms with E-state index in [1.165, 1.54) is 41.5 Å². The van der Waals surface area contributed by atoms with E-state index in [-0.39, 0.29) is 0 Å². The monoisotopic (exact) mass is 418 g/mol. The molecule has 1 aliphatic carbocycles. The number of aryl methyl sites for hydroxylation is 3. The fourth-order valence-corrected chi connectivity index (χ4v) is 4.44. The largest absolute Gasteiger partial charge is 0.383 e. The molecular formula is C27H38N4. The molecule has 3 rings (SSSR count). The van der Waals surface area contributed by atoms with E-state index in [9.17, 15) is 0 Å². The molecule has 1 aromatic carbocycles. The first-order chi connectivity index (χ1) is 15.0. The summed E-state index contributed by atoms with van der Waals surface area (Å²) in [6.07, 6.45) is 5.61. The Kier molecular flexibility index (Phi) is 8.30. The quantitative estimate of drug-likeness (QED) is 0.457. The second kappa shape index (κ2) is 11.1. The Morgan fingerprint density at radius 3 is 2.61 bits per heavy atom. The van der Waals surface area contributed by atoms with Crippen LogP contribution in [0.15, 0.2) is 48.6 Å². The molecule has 0 fully saturated rings. The molecule has 1 unspecified atom stereocenters. The number of pyridine rings is 1. The summed E-state index contributed by atoms with van der Waals surface area (Å²) in [4.78, 5) is 4.85. The molecule has 4 N–H and O–H groups in total. The molecule has 1 heterocycles. The molecule has 1 atom stereocenters. The molecule has 4 heteroatoms. The Hall–Kier alpha value is -2.59. The fraction of sp³-hybridized carbons (Fsp3) is 0.444. The van der Waals surface area contributed by atoms with E-state index in [0.29, 0.717) is 12.5 Å². The van der Waals surface area contributed by atoms with Crippen molar-refractivity contribution in [1.29, 1.82) is 0 Å². The lowest BCUT2D eigenvalue weighted by molar-refractivity contribution is 0.519. The molecule has 0 amide bonds. The average Bonchev–Trinajstić information content (AvgIpc) is 3.22. The highest BCUT2D eigenvalue weighted by Gasteiger charge is 2.17. The van der Waals surface area contributed by atoms with E-state index in [1.54, 1.807) is 0 Å². The van der Waals surface area contributed by atoms with Crippen LogP contribution in [-0.4, -0.2) is 24.6 Å². The van der Waals surface area contributed by atoms with E-state index >= 15 is 0 Å². The zero-order chi connectivity index (χ0) is 22.2. The summed E-state index contributed by atoms with van der Waals surface area (Å²) in [7, 11) is 0. The predicted molar refractivity (Wildman–Crippen MR) is 133 cm³/mol. The number of rotatable bonds is 11. The first kappa shape index (κ1) is 23.1. The van der Waals surface area contributed by atoms with Gasteiger partial charge in [-0.2, -0.15) is 0 Å². The minimum absolute atomic E-state index is 0.437. The third-order valence-electron chi connectivity index (χ3n) is 6.14. The highest BCUT2D eigenvalue weighted by molar-refractivity contribution is 5.88. The van der Waals surface area contributed by atoms with E-state index in [0.717, 1.165) is 48.7 Å². The van der Waals surface area contributed by atoms with Gasteiger partial charge in [0.25, 0.3) is 0 Å². The smallest absolute Gasteiger partial charge is 0.0885 e. The number of nitrogens with two attached hydrogens (primary N) is 1. The fourth-order valence-electron chi connectivity index (χ4n) is 4.44. The van der Waals surface area contributed by atoms with Crippen LogP contribution >= 0.6 is 0 Å². The standard InChI is InChI=1S/C27H38N4/c1-5-29-26(24-13-12-22-9-7-10-23(22)18-24)27(25-11-6-8-20(4)31-25)30-17-15-21(14-16-28)19(2)3/h6,8,11-13,18,21,29-30H,2,5,7,9-10,14-17,28H2,1,3-4H3/b27-26-. The predicted octanol–water partition coefficient (Wildman–Crippen LogP) is 4.83. The van der Waals surface area contributed by atoms with Gasteiger partial charge in [0.15, 0.2) is 0 Å². The lowest BCUT2D eigenvalue weighted by atomic mass is 9.94. The summed E-state index contributed by atoms with van der Waals surface area (Å²) in [6.45, 7) is 12.9.